The summed E-state index contributed by atoms with van der Waals surface area (Å²) in [6, 6.07) is 0. The Morgan fingerprint density at radius 3 is 2.69 bits per heavy atom. The van der Waals surface area contributed by atoms with E-state index in [-0.39, 0.29) is 0 Å². The molecule has 0 saturated carbocycles. The van der Waals surface area contributed by atoms with E-state index in [4.69, 9.17) is 9.47 Å². The van der Waals surface area contributed by atoms with Crippen LogP contribution in [0.1, 0.15) is 12.8 Å². The molecule has 13 heavy (non-hydrogen) atoms. The number of alkyl halides is 3. The lowest BCUT2D eigenvalue weighted by molar-refractivity contribution is 0.107. The number of hydrogen-bond donors (Lipinski definition) is 0. The van der Waals surface area contributed by atoms with Crippen molar-refractivity contribution in [3.63, 3.8) is 0 Å². The molecule has 1 aliphatic carbocycles. The molecule has 0 N–H and O–H groups in total. The summed E-state index contributed by atoms with van der Waals surface area (Å²) in [6.45, 7) is 0. The molecule has 1 fully saturated rings. The molecule has 72 valence electrons. The average molecular weight is 377 g/mol. The number of carbonyl (C=O) groups excluding carboxylic acids is 1. The van der Waals surface area contributed by atoms with Gasteiger partial charge >= 0.3 is 6.16 Å². The van der Waals surface area contributed by atoms with Crippen molar-refractivity contribution in [1.82, 2.24) is 0 Å². The third-order valence-electron chi connectivity index (χ3n) is 1.99. The number of fused-ring (bicyclic) bond motifs is 1. The molecule has 1 atom stereocenters. The highest BCUT2D eigenvalue weighted by atomic mass is 79.9. The van der Waals surface area contributed by atoms with Gasteiger partial charge in [0.2, 0.25) is 0 Å². The first kappa shape index (κ1) is 9.98. The molecule has 0 aromatic carbocycles. The summed E-state index contributed by atoms with van der Waals surface area (Å²) in [5.41, 5.74) is 0. The summed E-state index contributed by atoms with van der Waals surface area (Å²) in [5, 5.41) is 0. The molecule has 0 aromatic heterocycles. The lowest BCUT2D eigenvalue weighted by atomic mass is 10.0. The third kappa shape index (κ3) is 1.37. The normalized spacial score (nSPS) is 35.9. The summed E-state index contributed by atoms with van der Waals surface area (Å²) in [7, 11) is 0. The number of carbonyl (C=O) groups is 1. The highest BCUT2D eigenvalue weighted by Gasteiger charge is 2.60. The highest BCUT2D eigenvalue weighted by Crippen LogP contribution is 2.57. The van der Waals surface area contributed by atoms with E-state index < -0.39 is 13.9 Å². The van der Waals surface area contributed by atoms with Crippen LogP contribution in [0.25, 0.3) is 0 Å². The quantitative estimate of drug-likeness (QED) is 0.480. The molecule has 0 bridgehead atoms. The van der Waals surface area contributed by atoms with Gasteiger partial charge in [-0.05, 0) is 34.8 Å². The van der Waals surface area contributed by atoms with Gasteiger partial charge in [0.25, 0.3) is 4.51 Å². The molecule has 1 aliphatic heterocycles. The van der Waals surface area contributed by atoms with E-state index in [2.05, 4.69) is 47.8 Å². The van der Waals surface area contributed by atoms with Gasteiger partial charge in [0, 0.05) is 0 Å². The Bertz CT molecular complexity index is 299. The van der Waals surface area contributed by atoms with Gasteiger partial charge in [-0.2, -0.15) is 0 Å². The van der Waals surface area contributed by atoms with Crippen LogP contribution in [0.4, 0.5) is 4.79 Å². The lowest BCUT2D eigenvalue weighted by Gasteiger charge is -2.35. The summed E-state index contributed by atoms with van der Waals surface area (Å²) in [5.74, 6) is 0.512. The van der Waals surface area contributed by atoms with E-state index in [0.29, 0.717) is 5.76 Å². The first-order chi connectivity index (χ1) is 5.96. The second-order valence-corrected chi connectivity index (χ2v) is 7.75. The van der Waals surface area contributed by atoms with Gasteiger partial charge in [-0.3, -0.25) is 0 Å². The van der Waals surface area contributed by atoms with Crippen molar-refractivity contribution in [2.75, 3.05) is 0 Å². The van der Waals surface area contributed by atoms with Gasteiger partial charge in [-0.1, -0.05) is 31.9 Å². The van der Waals surface area contributed by atoms with Gasteiger partial charge in [-0.15, -0.1) is 0 Å². The highest BCUT2D eigenvalue weighted by molar-refractivity contribution is 9.26. The van der Waals surface area contributed by atoms with E-state index in [1.54, 1.807) is 0 Å². The molecule has 2 rings (SSSR count). The summed E-state index contributed by atoms with van der Waals surface area (Å²) >= 11 is 10.3. The van der Waals surface area contributed by atoms with Gasteiger partial charge in [-0.25, -0.2) is 4.79 Å². The molecular weight excluding hydrogens is 372 g/mol. The molecule has 3 nitrogen and oxygen atoms in total. The van der Waals surface area contributed by atoms with Crippen molar-refractivity contribution in [3.05, 3.63) is 11.8 Å². The number of halogens is 3. The molecule has 1 saturated heterocycles. The molecule has 0 amide bonds. The zero-order chi connectivity index (χ0) is 9.69. The minimum atomic E-state index is -0.907. The van der Waals surface area contributed by atoms with Crippen molar-refractivity contribution < 1.29 is 14.3 Å². The van der Waals surface area contributed by atoms with Crippen LogP contribution in [-0.2, 0) is 9.47 Å². The van der Waals surface area contributed by atoms with Gasteiger partial charge in [0.05, 0.1) is 0 Å². The van der Waals surface area contributed by atoms with Crippen LogP contribution in [0.15, 0.2) is 11.8 Å². The van der Waals surface area contributed by atoms with Gasteiger partial charge in [0.15, 0.2) is 5.76 Å². The number of rotatable bonds is 0. The summed E-state index contributed by atoms with van der Waals surface area (Å²) in [4.78, 5) is 10.9. The topological polar surface area (TPSA) is 35.5 Å². The lowest BCUT2D eigenvalue weighted by Crippen LogP contribution is -2.43. The Labute approximate surface area is 100 Å². The molecule has 0 radical (unpaired) electrons. The maximum atomic E-state index is 10.9. The van der Waals surface area contributed by atoms with Crippen molar-refractivity contribution in [2.45, 2.75) is 20.6 Å². The van der Waals surface area contributed by atoms with Crippen molar-refractivity contribution in [3.8, 4) is 0 Å². The Hall–Kier alpha value is 0.450. The van der Waals surface area contributed by atoms with E-state index >= 15 is 0 Å². The SMILES string of the molecule is O=C1OC2=CCCC(Br)(Br)C2(Br)O1. The maximum absolute atomic E-state index is 10.9. The fourth-order valence-corrected chi connectivity index (χ4v) is 2.90. The first-order valence-corrected chi connectivity index (χ1v) is 6.02. The summed E-state index contributed by atoms with van der Waals surface area (Å²) < 4.78 is 8.55. The third-order valence-corrected chi connectivity index (χ3v) is 6.20. The molecule has 2 aliphatic rings. The van der Waals surface area contributed by atoms with Crippen LogP contribution < -0.4 is 0 Å². The van der Waals surface area contributed by atoms with E-state index in [1.165, 1.54) is 0 Å². The Balaban J connectivity index is 2.45. The number of allylic oxidation sites excluding steroid dienone is 1. The minimum Gasteiger partial charge on any atom is -0.405 e. The predicted octanol–water partition coefficient (Wildman–Crippen LogP) is 3.41. The van der Waals surface area contributed by atoms with Crippen LogP contribution in [0.2, 0.25) is 0 Å². The van der Waals surface area contributed by atoms with Gasteiger partial charge in [0.1, 0.15) is 3.23 Å². The van der Waals surface area contributed by atoms with Crippen LogP contribution in [-0.4, -0.2) is 13.9 Å². The van der Waals surface area contributed by atoms with Crippen LogP contribution in [0.3, 0.4) is 0 Å². The molecule has 1 unspecified atom stereocenters. The second-order valence-electron chi connectivity index (χ2n) is 2.86. The molecule has 0 spiro atoms. The minimum absolute atomic E-state index is 0.497. The Morgan fingerprint density at radius 1 is 1.38 bits per heavy atom. The fourth-order valence-electron chi connectivity index (χ4n) is 1.31. The standard InChI is InChI=1S/C7H5Br3O3/c8-6(9)3-1-2-4-7(6,10)13-5(11)12-4/h2H,1,3H2. The zero-order valence-corrected chi connectivity index (χ0v) is 11.1. The largest absolute Gasteiger partial charge is 0.515 e. The molecule has 6 heteroatoms. The van der Waals surface area contributed by atoms with Crippen LogP contribution >= 0.6 is 47.8 Å². The predicted molar refractivity (Wildman–Crippen MR) is 57.1 cm³/mol. The van der Waals surface area contributed by atoms with Crippen molar-refractivity contribution in [1.29, 1.82) is 0 Å². The fraction of sp³-hybridized carbons (Fsp3) is 0.571. The Morgan fingerprint density at radius 2 is 2.08 bits per heavy atom. The monoisotopic (exact) mass is 374 g/mol. The molecule has 0 aromatic rings. The molecular formula is C7H5Br3O3. The molecule has 1 heterocycles. The summed E-state index contributed by atoms with van der Waals surface area (Å²) in [6.07, 6.45) is 2.81. The average Bonchev–Trinajstić information content (AvgIpc) is 2.27. The van der Waals surface area contributed by atoms with Crippen LogP contribution in [0, 0.1) is 0 Å². The first-order valence-electron chi connectivity index (χ1n) is 3.64. The van der Waals surface area contributed by atoms with Crippen molar-refractivity contribution >= 4 is 53.9 Å². The number of ether oxygens (including phenoxy) is 2. The Kier molecular flexibility index (Phi) is 2.28. The zero-order valence-electron chi connectivity index (χ0n) is 6.35. The smallest absolute Gasteiger partial charge is 0.405 e. The van der Waals surface area contributed by atoms with E-state index in [0.717, 1.165) is 12.8 Å². The van der Waals surface area contributed by atoms with E-state index in [1.807, 2.05) is 6.08 Å². The number of hydrogen-bond acceptors (Lipinski definition) is 3. The van der Waals surface area contributed by atoms with Crippen LogP contribution in [0.5, 0.6) is 0 Å². The van der Waals surface area contributed by atoms with Crippen molar-refractivity contribution in [2.24, 2.45) is 0 Å². The maximum Gasteiger partial charge on any atom is 0.515 e. The second kappa shape index (κ2) is 2.97. The van der Waals surface area contributed by atoms with E-state index in [9.17, 15) is 4.79 Å². The van der Waals surface area contributed by atoms with Gasteiger partial charge < -0.3 is 9.47 Å².